The van der Waals surface area contributed by atoms with E-state index < -0.39 is 5.82 Å². The summed E-state index contributed by atoms with van der Waals surface area (Å²) >= 11 is 5.59. The number of rotatable bonds is 5. The molecule has 0 N–H and O–H groups in total. The third-order valence-corrected chi connectivity index (χ3v) is 2.11. The average Bonchev–Trinajstić information content (AvgIpc) is 2.19. The average molecular weight is 231 g/mol. The summed E-state index contributed by atoms with van der Waals surface area (Å²) in [5.74, 6) is -0.592. The summed E-state index contributed by atoms with van der Waals surface area (Å²) < 4.78 is 18.2. The lowest BCUT2D eigenvalue weighted by Crippen LogP contribution is -2.12. The lowest BCUT2D eigenvalue weighted by atomic mass is 10.1. The second-order valence-corrected chi connectivity index (χ2v) is 3.52. The number of hydrogen-bond donors (Lipinski definition) is 0. The molecule has 4 heteroatoms. The summed E-state index contributed by atoms with van der Waals surface area (Å²) in [4.78, 5) is 11.3. The van der Waals surface area contributed by atoms with Crippen molar-refractivity contribution in [2.24, 2.45) is 0 Å². The molecule has 0 aliphatic rings. The Morgan fingerprint density at radius 3 is 2.87 bits per heavy atom. The van der Waals surface area contributed by atoms with Gasteiger partial charge in [0.2, 0.25) is 0 Å². The highest BCUT2D eigenvalue weighted by Crippen LogP contribution is 2.15. The zero-order chi connectivity index (χ0) is 11.3. The van der Waals surface area contributed by atoms with Crippen LogP contribution in [-0.2, 0) is 16.0 Å². The van der Waals surface area contributed by atoms with Gasteiger partial charge < -0.3 is 4.74 Å². The van der Waals surface area contributed by atoms with E-state index >= 15 is 0 Å². The molecule has 0 aliphatic heterocycles. The molecule has 0 fully saturated rings. The molecule has 82 valence electrons. The van der Waals surface area contributed by atoms with E-state index in [9.17, 15) is 9.18 Å². The predicted molar refractivity (Wildman–Crippen MR) is 56.6 cm³/mol. The number of carbonyl (C=O) groups excluding carboxylic acids is 1. The number of Topliss-reactive ketones (excluding diaryl/α,β-unsaturated/α-hetero) is 1. The molecule has 0 saturated heterocycles. The van der Waals surface area contributed by atoms with E-state index in [1.807, 2.05) is 0 Å². The fraction of sp³-hybridized carbons (Fsp3) is 0.364. The summed E-state index contributed by atoms with van der Waals surface area (Å²) in [6.07, 6.45) is 0.0446. The van der Waals surface area contributed by atoms with Crippen molar-refractivity contribution in [2.45, 2.75) is 13.3 Å². The van der Waals surface area contributed by atoms with Gasteiger partial charge in [0.05, 0.1) is 0 Å². The first kappa shape index (κ1) is 12.1. The van der Waals surface area contributed by atoms with Gasteiger partial charge in [0.1, 0.15) is 12.4 Å². The predicted octanol–water partition coefficient (Wildman–Crippen LogP) is 2.63. The minimum absolute atomic E-state index is 0.0264. The number of benzene rings is 1. The Morgan fingerprint density at radius 2 is 2.27 bits per heavy atom. The zero-order valence-electron chi connectivity index (χ0n) is 8.43. The van der Waals surface area contributed by atoms with Crippen molar-refractivity contribution in [2.75, 3.05) is 13.2 Å². The van der Waals surface area contributed by atoms with E-state index in [2.05, 4.69) is 0 Å². The molecule has 0 aliphatic carbocycles. The largest absolute Gasteiger partial charge is 0.374 e. The first-order chi connectivity index (χ1) is 7.13. The lowest BCUT2D eigenvalue weighted by Gasteiger charge is -2.03. The van der Waals surface area contributed by atoms with Crippen LogP contribution in [0.2, 0.25) is 5.02 Å². The Morgan fingerprint density at radius 1 is 1.53 bits per heavy atom. The topological polar surface area (TPSA) is 26.3 Å². The second kappa shape index (κ2) is 5.83. The van der Waals surface area contributed by atoms with Crippen molar-refractivity contribution < 1.29 is 13.9 Å². The molecule has 0 radical (unpaired) electrons. The Labute approximate surface area is 93.0 Å². The van der Waals surface area contributed by atoms with Crippen molar-refractivity contribution in [1.82, 2.24) is 0 Å². The molecule has 0 aromatic heterocycles. The molecule has 0 heterocycles. The van der Waals surface area contributed by atoms with Gasteiger partial charge in [-0.2, -0.15) is 0 Å². The number of carbonyl (C=O) groups is 1. The summed E-state index contributed by atoms with van der Waals surface area (Å²) in [6, 6.07) is 4.28. The van der Waals surface area contributed by atoms with Gasteiger partial charge in [-0.15, -0.1) is 0 Å². The maximum Gasteiger partial charge on any atom is 0.162 e. The van der Waals surface area contributed by atoms with Gasteiger partial charge >= 0.3 is 0 Å². The SMILES string of the molecule is CCOCC(=O)Cc1ccc(Cl)cc1F. The molecule has 0 spiro atoms. The number of ether oxygens (including phenoxy) is 1. The van der Waals surface area contributed by atoms with Gasteiger partial charge in [-0.1, -0.05) is 17.7 Å². The minimum atomic E-state index is -0.452. The van der Waals surface area contributed by atoms with Crippen LogP contribution in [0.1, 0.15) is 12.5 Å². The Bertz CT molecular complexity index is 352. The minimum Gasteiger partial charge on any atom is -0.374 e. The molecule has 0 bridgehead atoms. The molecule has 0 saturated carbocycles. The molecule has 1 aromatic carbocycles. The third-order valence-electron chi connectivity index (χ3n) is 1.87. The van der Waals surface area contributed by atoms with Gasteiger partial charge in [0.15, 0.2) is 5.78 Å². The van der Waals surface area contributed by atoms with Gasteiger partial charge in [-0.25, -0.2) is 4.39 Å². The molecule has 1 aromatic rings. The Balaban J connectivity index is 2.60. The summed E-state index contributed by atoms with van der Waals surface area (Å²) in [5, 5.41) is 0.327. The molecule has 0 amide bonds. The molecular formula is C11H12ClFO2. The highest BCUT2D eigenvalue weighted by atomic mass is 35.5. The normalized spacial score (nSPS) is 10.3. The number of hydrogen-bond acceptors (Lipinski definition) is 2. The van der Waals surface area contributed by atoms with Crippen molar-refractivity contribution in [1.29, 1.82) is 0 Å². The van der Waals surface area contributed by atoms with Crippen molar-refractivity contribution in [3.63, 3.8) is 0 Å². The molecule has 1 rings (SSSR count). The first-order valence-electron chi connectivity index (χ1n) is 4.67. The lowest BCUT2D eigenvalue weighted by molar-refractivity contribution is -0.122. The van der Waals surface area contributed by atoms with Crippen LogP contribution in [0, 0.1) is 5.82 Å². The maximum absolute atomic E-state index is 13.3. The van der Waals surface area contributed by atoms with E-state index in [-0.39, 0.29) is 18.8 Å². The quantitative estimate of drug-likeness (QED) is 0.777. The first-order valence-corrected chi connectivity index (χ1v) is 5.04. The van der Waals surface area contributed by atoms with Crippen LogP contribution in [0.4, 0.5) is 4.39 Å². The van der Waals surface area contributed by atoms with Crippen LogP contribution in [0.5, 0.6) is 0 Å². The van der Waals surface area contributed by atoms with Crippen LogP contribution in [0.3, 0.4) is 0 Å². The Kier molecular flexibility index (Phi) is 4.72. The monoisotopic (exact) mass is 230 g/mol. The van der Waals surface area contributed by atoms with Crippen LogP contribution in [-0.4, -0.2) is 19.0 Å². The number of ketones is 1. The van der Waals surface area contributed by atoms with Crippen LogP contribution in [0.15, 0.2) is 18.2 Å². The molecule has 2 nitrogen and oxygen atoms in total. The molecule has 0 unspecified atom stereocenters. The van der Waals surface area contributed by atoms with E-state index in [1.165, 1.54) is 12.1 Å². The molecule has 15 heavy (non-hydrogen) atoms. The number of halogens is 2. The zero-order valence-corrected chi connectivity index (χ0v) is 9.18. The smallest absolute Gasteiger partial charge is 0.162 e. The van der Waals surface area contributed by atoms with Crippen molar-refractivity contribution in [3.8, 4) is 0 Å². The van der Waals surface area contributed by atoms with Gasteiger partial charge in [0.25, 0.3) is 0 Å². The summed E-state index contributed by atoms with van der Waals surface area (Å²) in [5.41, 5.74) is 0.351. The van der Waals surface area contributed by atoms with Crippen LogP contribution >= 0.6 is 11.6 Å². The third kappa shape index (κ3) is 3.98. The van der Waals surface area contributed by atoms with E-state index in [1.54, 1.807) is 13.0 Å². The highest BCUT2D eigenvalue weighted by molar-refractivity contribution is 6.30. The van der Waals surface area contributed by atoms with E-state index in [4.69, 9.17) is 16.3 Å². The van der Waals surface area contributed by atoms with Gasteiger partial charge in [0, 0.05) is 18.1 Å². The highest BCUT2D eigenvalue weighted by Gasteiger charge is 2.08. The summed E-state index contributed by atoms with van der Waals surface area (Å²) in [7, 11) is 0. The van der Waals surface area contributed by atoms with Crippen LogP contribution < -0.4 is 0 Å². The Hall–Kier alpha value is -0.930. The summed E-state index contributed by atoms with van der Waals surface area (Å²) in [6.45, 7) is 2.31. The maximum atomic E-state index is 13.3. The van der Waals surface area contributed by atoms with Gasteiger partial charge in [-0.05, 0) is 24.6 Å². The van der Waals surface area contributed by atoms with Crippen LogP contribution in [0.25, 0.3) is 0 Å². The van der Waals surface area contributed by atoms with E-state index in [0.29, 0.717) is 17.2 Å². The van der Waals surface area contributed by atoms with E-state index in [0.717, 1.165) is 0 Å². The molecular weight excluding hydrogens is 219 g/mol. The van der Waals surface area contributed by atoms with Gasteiger partial charge in [-0.3, -0.25) is 4.79 Å². The standard InChI is InChI=1S/C11H12ClFO2/c1-2-15-7-10(14)5-8-3-4-9(12)6-11(8)13/h3-4,6H,2,5,7H2,1H3. The van der Waals surface area contributed by atoms with Crippen molar-refractivity contribution in [3.05, 3.63) is 34.6 Å². The molecule has 0 atom stereocenters. The van der Waals surface area contributed by atoms with Crippen molar-refractivity contribution >= 4 is 17.4 Å². The fourth-order valence-electron chi connectivity index (χ4n) is 1.14. The second-order valence-electron chi connectivity index (χ2n) is 3.09. The fourth-order valence-corrected chi connectivity index (χ4v) is 1.30.